The van der Waals surface area contributed by atoms with Crippen molar-refractivity contribution in [3.8, 4) is 0 Å². The summed E-state index contributed by atoms with van der Waals surface area (Å²) in [5, 5.41) is 0. The molecule has 0 atom stereocenters. The van der Waals surface area contributed by atoms with Crippen molar-refractivity contribution in [2.45, 2.75) is 50.5 Å². The van der Waals surface area contributed by atoms with Gasteiger partial charge in [0.2, 0.25) is 0 Å². The van der Waals surface area contributed by atoms with E-state index in [1.54, 1.807) is 0 Å². The molecule has 0 N–H and O–H groups in total. The Bertz CT molecular complexity index is 344. The molecule has 1 aromatic carbocycles. The predicted molar refractivity (Wildman–Crippen MR) is 85.8 cm³/mol. The number of hydrogen-bond donors (Lipinski definition) is 0. The van der Waals surface area contributed by atoms with Crippen LogP contribution in [0.2, 0.25) is 0 Å². The highest BCUT2D eigenvalue weighted by atomic mass is 32.2. The summed E-state index contributed by atoms with van der Waals surface area (Å²) < 4.78 is 0. The summed E-state index contributed by atoms with van der Waals surface area (Å²) in [6, 6.07) is 11.6. The monoisotopic (exact) mass is 277 g/mol. The Morgan fingerprint density at radius 2 is 1.84 bits per heavy atom. The molecule has 0 amide bonds. The van der Waals surface area contributed by atoms with Gasteiger partial charge >= 0.3 is 0 Å². The second-order valence-electron chi connectivity index (χ2n) is 5.99. The summed E-state index contributed by atoms with van der Waals surface area (Å²) in [7, 11) is 0. The molecule has 2 rings (SSSR count). The SMILES string of the molecule is CC(C)CN(CCSc1ccccc1)C1CCCC1. The molecule has 1 nitrogen and oxygen atoms in total. The highest BCUT2D eigenvalue weighted by Gasteiger charge is 2.22. The topological polar surface area (TPSA) is 3.24 Å². The Kier molecular flexibility index (Phi) is 6.25. The fourth-order valence-electron chi connectivity index (χ4n) is 2.96. The fourth-order valence-corrected chi connectivity index (χ4v) is 3.87. The van der Waals surface area contributed by atoms with Gasteiger partial charge in [-0.2, -0.15) is 0 Å². The minimum Gasteiger partial charge on any atom is -0.299 e. The Morgan fingerprint density at radius 1 is 1.16 bits per heavy atom. The van der Waals surface area contributed by atoms with Gasteiger partial charge in [0.1, 0.15) is 0 Å². The zero-order valence-corrected chi connectivity index (χ0v) is 13.2. The van der Waals surface area contributed by atoms with Gasteiger partial charge in [0.25, 0.3) is 0 Å². The molecule has 1 aliphatic rings. The van der Waals surface area contributed by atoms with E-state index in [-0.39, 0.29) is 0 Å². The summed E-state index contributed by atoms with van der Waals surface area (Å²) in [6.45, 7) is 7.18. The van der Waals surface area contributed by atoms with Gasteiger partial charge in [0.05, 0.1) is 0 Å². The molecule has 1 saturated carbocycles. The smallest absolute Gasteiger partial charge is 0.0108 e. The van der Waals surface area contributed by atoms with E-state index in [1.165, 1.54) is 49.4 Å². The molecule has 0 aromatic heterocycles. The Labute approximate surface area is 122 Å². The second-order valence-corrected chi connectivity index (χ2v) is 7.16. The highest BCUT2D eigenvalue weighted by molar-refractivity contribution is 7.99. The van der Waals surface area contributed by atoms with Crippen molar-refractivity contribution in [1.82, 2.24) is 4.90 Å². The molecular weight excluding hydrogens is 250 g/mol. The van der Waals surface area contributed by atoms with Gasteiger partial charge < -0.3 is 0 Å². The molecular formula is C17H27NS. The highest BCUT2D eigenvalue weighted by Crippen LogP contribution is 2.25. The first-order valence-corrected chi connectivity index (χ1v) is 8.66. The molecule has 0 saturated heterocycles. The van der Waals surface area contributed by atoms with Gasteiger partial charge in [-0.1, -0.05) is 44.9 Å². The number of rotatable bonds is 7. The first-order valence-electron chi connectivity index (χ1n) is 7.67. The molecule has 0 unspecified atom stereocenters. The first kappa shape index (κ1) is 14.9. The summed E-state index contributed by atoms with van der Waals surface area (Å²) in [6.07, 6.45) is 5.71. The van der Waals surface area contributed by atoms with Crippen LogP contribution in [0, 0.1) is 5.92 Å². The van der Waals surface area contributed by atoms with Crippen LogP contribution in [-0.4, -0.2) is 29.8 Å². The largest absolute Gasteiger partial charge is 0.299 e. The summed E-state index contributed by atoms with van der Waals surface area (Å²) in [4.78, 5) is 4.14. The lowest BCUT2D eigenvalue weighted by Gasteiger charge is -2.30. The maximum Gasteiger partial charge on any atom is 0.0108 e. The van der Waals surface area contributed by atoms with Crippen molar-refractivity contribution in [2.75, 3.05) is 18.8 Å². The van der Waals surface area contributed by atoms with Crippen molar-refractivity contribution < 1.29 is 0 Å². The average molecular weight is 277 g/mol. The zero-order valence-electron chi connectivity index (χ0n) is 12.3. The quantitative estimate of drug-likeness (QED) is 0.666. The van der Waals surface area contributed by atoms with Crippen LogP contribution in [0.25, 0.3) is 0 Å². The fraction of sp³-hybridized carbons (Fsp3) is 0.647. The van der Waals surface area contributed by atoms with E-state index >= 15 is 0 Å². The van der Waals surface area contributed by atoms with Crippen LogP contribution in [0.1, 0.15) is 39.5 Å². The molecule has 106 valence electrons. The van der Waals surface area contributed by atoms with E-state index in [2.05, 4.69) is 49.1 Å². The van der Waals surface area contributed by atoms with Crippen molar-refractivity contribution in [3.05, 3.63) is 30.3 Å². The summed E-state index contributed by atoms with van der Waals surface area (Å²) in [5.41, 5.74) is 0. The van der Waals surface area contributed by atoms with E-state index in [1.807, 2.05) is 11.8 Å². The van der Waals surface area contributed by atoms with Gasteiger partial charge in [-0.15, -0.1) is 11.8 Å². The lowest BCUT2D eigenvalue weighted by molar-refractivity contribution is 0.188. The second kappa shape index (κ2) is 7.96. The van der Waals surface area contributed by atoms with Crippen LogP contribution in [-0.2, 0) is 0 Å². The lowest BCUT2D eigenvalue weighted by Crippen LogP contribution is -2.37. The minimum atomic E-state index is 0.780. The summed E-state index contributed by atoms with van der Waals surface area (Å²) >= 11 is 1.99. The number of benzene rings is 1. The number of thioether (sulfide) groups is 1. The van der Waals surface area contributed by atoms with Crippen molar-refractivity contribution in [3.63, 3.8) is 0 Å². The maximum absolute atomic E-state index is 2.74. The van der Waals surface area contributed by atoms with Crippen molar-refractivity contribution >= 4 is 11.8 Å². The zero-order chi connectivity index (χ0) is 13.5. The standard InChI is InChI=1S/C17H27NS/c1-15(2)14-18(16-8-6-7-9-16)12-13-19-17-10-4-3-5-11-17/h3-5,10-11,15-16H,6-9,12-14H2,1-2H3. The van der Waals surface area contributed by atoms with E-state index in [0.717, 1.165) is 12.0 Å². The van der Waals surface area contributed by atoms with Gasteiger partial charge in [-0.05, 0) is 30.9 Å². The Morgan fingerprint density at radius 3 is 2.47 bits per heavy atom. The molecule has 0 spiro atoms. The third kappa shape index (κ3) is 5.19. The lowest BCUT2D eigenvalue weighted by atomic mass is 10.1. The van der Waals surface area contributed by atoms with Crippen LogP contribution in [0.3, 0.4) is 0 Å². The van der Waals surface area contributed by atoms with Gasteiger partial charge in [-0.25, -0.2) is 0 Å². The Hall–Kier alpha value is -0.470. The molecule has 19 heavy (non-hydrogen) atoms. The van der Waals surface area contributed by atoms with Crippen LogP contribution >= 0.6 is 11.8 Å². The van der Waals surface area contributed by atoms with Crippen LogP contribution in [0.15, 0.2) is 35.2 Å². The maximum atomic E-state index is 2.74. The summed E-state index contributed by atoms with van der Waals surface area (Å²) in [5.74, 6) is 2.00. The molecule has 1 aliphatic carbocycles. The third-order valence-electron chi connectivity index (χ3n) is 3.83. The molecule has 1 fully saturated rings. The van der Waals surface area contributed by atoms with E-state index in [9.17, 15) is 0 Å². The Balaban J connectivity index is 1.79. The van der Waals surface area contributed by atoms with Crippen molar-refractivity contribution in [1.29, 1.82) is 0 Å². The van der Waals surface area contributed by atoms with Crippen LogP contribution < -0.4 is 0 Å². The van der Waals surface area contributed by atoms with E-state index < -0.39 is 0 Å². The first-order chi connectivity index (χ1) is 9.25. The molecule has 2 heteroatoms. The number of hydrogen-bond acceptors (Lipinski definition) is 2. The molecule has 0 aliphatic heterocycles. The van der Waals surface area contributed by atoms with Crippen LogP contribution in [0.4, 0.5) is 0 Å². The van der Waals surface area contributed by atoms with Gasteiger partial charge in [0, 0.05) is 29.8 Å². The van der Waals surface area contributed by atoms with Crippen LogP contribution in [0.5, 0.6) is 0 Å². The minimum absolute atomic E-state index is 0.780. The molecule has 0 heterocycles. The van der Waals surface area contributed by atoms with Gasteiger partial charge in [0.15, 0.2) is 0 Å². The molecule has 0 radical (unpaired) electrons. The molecule has 0 bridgehead atoms. The third-order valence-corrected chi connectivity index (χ3v) is 4.82. The average Bonchev–Trinajstić information content (AvgIpc) is 2.92. The molecule has 1 aromatic rings. The predicted octanol–water partition coefficient (Wildman–Crippen LogP) is 4.68. The van der Waals surface area contributed by atoms with E-state index in [4.69, 9.17) is 0 Å². The normalized spacial score (nSPS) is 16.6. The van der Waals surface area contributed by atoms with E-state index in [0.29, 0.717) is 0 Å². The van der Waals surface area contributed by atoms with Crippen molar-refractivity contribution in [2.24, 2.45) is 5.92 Å². The van der Waals surface area contributed by atoms with Gasteiger partial charge in [-0.3, -0.25) is 4.90 Å². The number of nitrogens with zero attached hydrogens (tertiary/aromatic N) is 1.